The minimum Gasteiger partial charge on any atom is -0.396 e. The molecule has 1 aliphatic rings. The highest BCUT2D eigenvalue weighted by molar-refractivity contribution is 5.94. The predicted octanol–water partition coefficient (Wildman–Crippen LogP) is 2.33. The second kappa shape index (κ2) is 6.15. The molecular weight excluding hydrogens is 278 g/mol. The second-order valence-electron chi connectivity index (χ2n) is 5.78. The molecule has 3 N–H and O–H groups in total. The molecule has 114 valence electrons. The predicted molar refractivity (Wildman–Crippen MR) is 85.0 cm³/mol. The van der Waals surface area contributed by atoms with Gasteiger partial charge in [0.05, 0.1) is 6.61 Å². The molecule has 0 spiro atoms. The molecule has 1 aliphatic carbocycles. The van der Waals surface area contributed by atoms with E-state index in [0.29, 0.717) is 12.1 Å². The Morgan fingerprint density at radius 2 is 1.73 bits per heavy atom. The van der Waals surface area contributed by atoms with Crippen molar-refractivity contribution < 1.29 is 9.90 Å². The fourth-order valence-corrected chi connectivity index (χ4v) is 2.24. The molecule has 1 aromatic heterocycles. The first-order valence-corrected chi connectivity index (χ1v) is 7.37. The molecule has 0 saturated heterocycles. The van der Waals surface area contributed by atoms with Crippen LogP contribution in [0.2, 0.25) is 0 Å². The SMILES string of the molecule is O=C(NCC1(CO)CC1)c1ccc(Nc2ccncc2)cc1. The summed E-state index contributed by atoms with van der Waals surface area (Å²) in [5.74, 6) is -0.102. The number of hydrogen-bond donors (Lipinski definition) is 3. The average Bonchev–Trinajstić information content (AvgIpc) is 3.35. The third-order valence-electron chi connectivity index (χ3n) is 4.03. The van der Waals surface area contributed by atoms with Crippen molar-refractivity contribution in [3.8, 4) is 0 Å². The zero-order valence-corrected chi connectivity index (χ0v) is 12.2. The van der Waals surface area contributed by atoms with Crippen molar-refractivity contribution in [3.05, 3.63) is 54.4 Å². The molecule has 1 aromatic carbocycles. The summed E-state index contributed by atoms with van der Waals surface area (Å²) in [7, 11) is 0. The molecule has 0 bridgehead atoms. The summed E-state index contributed by atoms with van der Waals surface area (Å²) >= 11 is 0. The number of benzene rings is 1. The minimum absolute atomic E-state index is 0.0709. The first-order valence-electron chi connectivity index (χ1n) is 7.37. The molecule has 3 rings (SSSR count). The molecule has 0 radical (unpaired) electrons. The van der Waals surface area contributed by atoms with Crippen molar-refractivity contribution in [2.75, 3.05) is 18.5 Å². The van der Waals surface area contributed by atoms with Crippen LogP contribution in [0.15, 0.2) is 48.8 Å². The van der Waals surface area contributed by atoms with Gasteiger partial charge in [-0.1, -0.05) is 0 Å². The monoisotopic (exact) mass is 297 g/mol. The van der Waals surface area contributed by atoms with Crippen molar-refractivity contribution in [2.45, 2.75) is 12.8 Å². The summed E-state index contributed by atoms with van der Waals surface area (Å²) in [6.45, 7) is 0.682. The van der Waals surface area contributed by atoms with Crippen molar-refractivity contribution in [1.82, 2.24) is 10.3 Å². The minimum atomic E-state index is -0.102. The van der Waals surface area contributed by atoms with E-state index >= 15 is 0 Å². The van der Waals surface area contributed by atoms with E-state index in [-0.39, 0.29) is 17.9 Å². The molecular formula is C17H19N3O2. The fraction of sp³-hybridized carbons (Fsp3) is 0.294. The maximum Gasteiger partial charge on any atom is 0.251 e. The number of carbonyl (C=O) groups excluding carboxylic acids is 1. The van der Waals surface area contributed by atoms with Crippen LogP contribution in [0.3, 0.4) is 0 Å². The van der Waals surface area contributed by atoms with Crippen LogP contribution in [0, 0.1) is 5.41 Å². The van der Waals surface area contributed by atoms with Gasteiger partial charge in [-0.25, -0.2) is 0 Å². The number of amides is 1. The van der Waals surface area contributed by atoms with Gasteiger partial charge in [0.25, 0.3) is 5.91 Å². The number of nitrogens with zero attached hydrogens (tertiary/aromatic N) is 1. The summed E-state index contributed by atoms with van der Waals surface area (Å²) in [5, 5.41) is 15.4. The first-order chi connectivity index (χ1) is 10.7. The van der Waals surface area contributed by atoms with Crippen LogP contribution < -0.4 is 10.6 Å². The second-order valence-corrected chi connectivity index (χ2v) is 5.78. The van der Waals surface area contributed by atoms with Crippen molar-refractivity contribution in [3.63, 3.8) is 0 Å². The molecule has 0 aliphatic heterocycles. The fourth-order valence-electron chi connectivity index (χ4n) is 2.24. The Labute approximate surface area is 129 Å². The number of hydrogen-bond acceptors (Lipinski definition) is 4. The topological polar surface area (TPSA) is 74.2 Å². The Bertz CT molecular complexity index is 637. The Balaban J connectivity index is 1.58. The van der Waals surface area contributed by atoms with Crippen LogP contribution in [-0.4, -0.2) is 29.1 Å². The molecule has 5 nitrogen and oxygen atoms in total. The van der Waals surface area contributed by atoms with Crippen LogP contribution in [0.1, 0.15) is 23.2 Å². The number of rotatable bonds is 6. The van der Waals surface area contributed by atoms with Crippen LogP contribution in [0.25, 0.3) is 0 Å². The van der Waals surface area contributed by atoms with Crippen molar-refractivity contribution in [2.24, 2.45) is 5.41 Å². The molecule has 22 heavy (non-hydrogen) atoms. The van der Waals surface area contributed by atoms with Gasteiger partial charge in [0.2, 0.25) is 0 Å². The number of aliphatic hydroxyl groups excluding tert-OH is 1. The van der Waals surface area contributed by atoms with E-state index in [9.17, 15) is 9.90 Å². The van der Waals surface area contributed by atoms with Crippen LogP contribution >= 0.6 is 0 Å². The summed E-state index contributed by atoms with van der Waals surface area (Å²) in [6.07, 6.45) is 5.41. The number of pyridine rings is 1. The molecule has 1 saturated carbocycles. The van der Waals surface area contributed by atoms with Crippen molar-refractivity contribution in [1.29, 1.82) is 0 Å². The summed E-state index contributed by atoms with van der Waals surface area (Å²) < 4.78 is 0. The van der Waals surface area contributed by atoms with Crippen molar-refractivity contribution >= 4 is 17.3 Å². The molecule has 1 heterocycles. The van der Waals surface area contributed by atoms with Gasteiger partial charge in [-0.3, -0.25) is 9.78 Å². The lowest BCUT2D eigenvalue weighted by Gasteiger charge is -2.13. The lowest BCUT2D eigenvalue weighted by atomic mass is 10.1. The zero-order chi connectivity index (χ0) is 15.4. The number of nitrogens with one attached hydrogen (secondary N) is 2. The van der Waals surface area contributed by atoms with E-state index in [4.69, 9.17) is 0 Å². The number of aliphatic hydroxyl groups is 1. The molecule has 2 aromatic rings. The summed E-state index contributed by atoms with van der Waals surface area (Å²) in [6, 6.07) is 11.1. The standard InChI is InChI=1S/C17H19N3O2/c21-12-17(7-8-17)11-19-16(22)13-1-3-14(4-2-13)20-15-5-9-18-10-6-15/h1-6,9-10,21H,7-8,11-12H2,(H,18,20)(H,19,22). The highest BCUT2D eigenvalue weighted by atomic mass is 16.3. The Hall–Kier alpha value is -2.40. The zero-order valence-electron chi connectivity index (χ0n) is 12.2. The van der Waals surface area contributed by atoms with Gasteiger partial charge in [-0.15, -0.1) is 0 Å². The number of anilines is 2. The van der Waals surface area contributed by atoms with E-state index in [2.05, 4.69) is 15.6 Å². The van der Waals surface area contributed by atoms with Crippen LogP contribution in [-0.2, 0) is 0 Å². The highest BCUT2D eigenvalue weighted by Gasteiger charge is 2.42. The molecule has 5 heteroatoms. The van der Waals surface area contributed by atoms with Crippen LogP contribution in [0.5, 0.6) is 0 Å². The van der Waals surface area contributed by atoms with E-state index in [1.165, 1.54) is 0 Å². The van der Waals surface area contributed by atoms with Gasteiger partial charge in [-0.05, 0) is 49.2 Å². The Morgan fingerprint density at radius 1 is 1.09 bits per heavy atom. The van der Waals surface area contributed by atoms with E-state index in [1.54, 1.807) is 24.5 Å². The maximum absolute atomic E-state index is 12.1. The number of aromatic nitrogens is 1. The molecule has 0 atom stereocenters. The number of carbonyl (C=O) groups is 1. The van der Waals surface area contributed by atoms with Crippen LogP contribution in [0.4, 0.5) is 11.4 Å². The molecule has 0 unspecified atom stereocenters. The van der Waals surface area contributed by atoms with E-state index in [0.717, 1.165) is 24.2 Å². The maximum atomic E-state index is 12.1. The Morgan fingerprint density at radius 3 is 2.32 bits per heavy atom. The summed E-state index contributed by atoms with van der Waals surface area (Å²) in [4.78, 5) is 16.0. The Kier molecular flexibility index (Phi) is 4.06. The smallest absolute Gasteiger partial charge is 0.251 e. The van der Waals surface area contributed by atoms with Gasteiger partial charge in [0, 0.05) is 41.3 Å². The normalized spacial score (nSPS) is 15.1. The van der Waals surface area contributed by atoms with E-state index in [1.807, 2.05) is 24.3 Å². The average molecular weight is 297 g/mol. The summed E-state index contributed by atoms with van der Waals surface area (Å²) in [5.41, 5.74) is 2.41. The highest BCUT2D eigenvalue weighted by Crippen LogP contribution is 2.44. The van der Waals surface area contributed by atoms with Gasteiger partial charge >= 0.3 is 0 Å². The molecule has 1 amide bonds. The van der Waals surface area contributed by atoms with Gasteiger partial charge in [0.15, 0.2) is 0 Å². The van der Waals surface area contributed by atoms with Gasteiger partial charge in [-0.2, -0.15) is 0 Å². The first kappa shape index (κ1) is 14.5. The third-order valence-corrected chi connectivity index (χ3v) is 4.03. The lowest BCUT2D eigenvalue weighted by Crippen LogP contribution is -2.31. The lowest BCUT2D eigenvalue weighted by molar-refractivity contribution is 0.0935. The third kappa shape index (κ3) is 3.43. The molecule has 1 fully saturated rings. The van der Waals surface area contributed by atoms with Gasteiger partial charge < -0.3 is 15.7 Å². The van der Waals surface area contributed by atoms with E-state index < -0.39 is 0 Å². The van der Waals surface area contributed by atoms with Gasteiger partial charge in [0.1, 0.15) is 0 Å². The largest absolute Gasteiger partial charge is 0.396 e. The quantitative estimate of drug-likeness (QED) is 0.765.